The van der Waals surface area contributed by atoms with Crippen molar-refractivity contribution in [1.29, 1.82) is 0 Å². The van der Waals surface area contributed by atoms with Gasteiger partial charge in [0.05, 0.1) is 5.69 Å². The second kappa shape index (κ2) is 5.13. The summed E-state index contributed by atoms with van der Waals surface area (Å²) in [6, 6.07) is 0.431. The number of hydrogen-bond acceptors (Lipinski definition) is 3. The highest BCUT2D eigenvalue weighted by molar-refractivity contribution is 5.84. The van der Waals surface area contributed by atoms with Crippen LogP contribution >= 0.6 is 0 Å². The molecule has 2 heterocycles. The van der Waals surface area contributed by atoms with Gasteiger partial charge in [0, 0.05) is 30.6 Å². The zero-order valence-corrected chi connectivity index (χ0v) is 13.2. The lowest BCUT2D eigenvalue weighted by molar-refractivity contribution is -0.121. The summed E-state index contributed by atoms with van der Waals surface area (Å²) in [4.78, 5) is 16.6. The largest absolute Gasteiger partial charge is 0.353 e. The van der Waals surface area contributed by atoms with Crippen LogP contribution < -0.4 is 5.32 Å². The number of amides is 1. The molecule has 0 atom stereocenters. The molecular weight excluding hydrogens is 264 g/mol. The van der Waals surface area contributed by atoms with Crippen molar-refractivity contribution in [3.63, 3.8) is 0 Å². The van der Waals surface area contributed by atoms with Gasteiger partial charge in [0.15, 0.2) is 5.65 Å². The molecule has 0 radical (unpaired) electrons. The second-order valence-corrected chi connectivity index (χ2v) is 6.05. The van der Waals surface area contributed by atoms with Crippen molar-refractivity contribution < 1.29 is 4.79 Å². The zero-order chi connectivity index (χ0) is 15.1. The van der Waals surface area contributed by atoms with E-state index < -0.39 is 0 Å². The van der Waals surface area contributed by atoms with E-state index in [0.29, 0.717) is 12.5 Å². The van der Waals surface area contributed by atoms with Gasteiger partial charge in [0.25, 0.3) is 0 Å². The Morgan fingerprint density at radius 3 is 2.67 bits per heavy atom. The summed E-state index contributed by atoms with van der Waals surface area (Å²) in [7, 11) is 1.92. The van der Waals surface area contributed by atoms with E-state index in [2.05, 4.69) is 22.3 Å². The minimum atomic E-state index is 0.152. The van der Waals surface area contributed by atoms with Crippen LogP contribution in [0.25, 0.3) is 11.0 Å². The molecule has 1 aliphatic carbocycles. The smallest absolute Gasteiger partial charge is 0.220 e. The highest BCUT2D eigenvalue weighted by atomic mass is 16.1. The summed E-state index contributed by atoms with van der Waals surface area (Å²) in [6.07, 6.45) is 3.54. The monoisotopic (exact) mass is 286 g/mol. The molecule has 1 N–H and O–H groups in total. The third-order valence-corrected chi connectivity index (χ3v) is 4.27. The Morgan fingerprint density at radius 2 is 2.00 bits per heavy atom. The third kappa shape index (κ3) is 2.64. The van der Waals surface area contributed by atoms with Crippen LogP contribution in [0.1, 0.15) is 41.8 Å². The molecule has 2 aromatic rings. The van der Waals surface area contributed by atoms with Gasteiger partial charge in [-0.1, -0.05) is 0 Å². The van der Waals surface area contributed by atoms with E-state index in [1.807, 2.05) is 25.6 Å². The fourth-order valence-electron chi connectivity index (χ4n) is 3.00. The van der Waals surface area contributed by atoms with Gasteiger partial charge < -0.3 is 5.32 Å². The molecule has 1 aliphatic rings. The number of carbonyl (C=O) groups excluding carboxylic acids is 1. The van der Waals surface area contributed by atoms with Crippen LogP contribution in [0.4, 0.5) is 0 Å². The molecule has 1 saturated carbocycles. The van der Waals surface area contributed by atoms with E-state index in [-0.39, 0.29) is 5.91 Å². The van der Waals surface area contributed by atoms with Crippen LogP contribution in [-0.4, -0.2) is 26.7 Å². The summed E-state index contributed by atoms with van der Waals surface area (Å²) in [5.41, 5.74) is 5.32. The third-order valence-electron chi connectivity index (χ3n) is 4.27. The summed E-state index contributed by atoms with van der Waals surface area (Å²) < 4.78 is 1.83. The van der Waals surface area contributed by atoms with Crippen molar-refractivity contribution in [2.45, 2.75) is 52.5 Å². The van der Waals surface area contributed by atoms with E-state index in [4.69, 9.17) is 0 Å². The molecule has 1 amide bonds. The zero-order valence-electron chi connectivity index (χ0n) is 13.2. The number of pyridine rings is 1. The van der Waals surface area contributed by atoms with Gasteiger partial charge in [-0.2, -0.15) is 5.10 Å². The molecule has 0 aliphatic heterocycles. The van der Waals surface area contributed by atoms with Crippen molar-refractivity contribution in [2.24, 2.45) is 7.05 Å². The molecule has 0 unspecified atom stereocenters. The summed E-state index contributed by atoms with van der Waals surface area (Å²) in [6.45, 7) is 6.14. The fraction of sp³-hybridized carbons (Fsp3) is 0.562. The van der Waals surface area contributed by atoms with Crippen molar-refractivity contribution in [3.05, 3.63) is 22.5 Å². The molecule has 0 bridgehead atoms. The van der Waals surface area contributed by atoms with Crippen molar-refractivity contribution in [3.8, 4) is 0 Å². The number of nitrogens with zero attached hydrogens (tertiary/aromatic N) is 3. The number of rotatable bonds is 4. The maximum absolute atomic E-state index is 11.9. The first-order valence-electron chi connectivity index (χ1n) is 7.56. The summed E-state index contributed by atoms with van der Waals surface area (Å²) in [5, 5.41) is 8.62. The fourth-order valence-corrected chi connectivity index (χ4v) is 3.00. The predicted octanol–water partition coefficient (Wildman–Crippen LogP) is 2.10. The molecule has 21 heavy (non-hydrogen) atoms. The van der Waals surface area contributed by atoms with Gasteiger partial charge >= 0.3 is 0 Å². The van der Waals surface area contributed by atoms with Crippen molar-refractivity contribution >= 4 is 16.9 Å². The molecule has 2 aromatic heterocycles. The first-order chi connectivity index (χ1) is 9.97. The molecule has 112 valence electrons. The van der Waals surface area contributed by atoms with Crippen LogP contribution in [0.15, 0.2) is 0 Å². The Balaban J connectivity index is 1.87. The standard InChI is InChI=1S/C16H22N4O/c1-9-13(7-8-14(21)18-12-5-6-12)10(2)17-16-15(9)11(3)19-20(16)4/h12H,5-8H2,1-4H3,(H,18,21). The lowest BCUT2D eigenvalue weighted by atomic mass is 9.99. The molecular formula is C16H22N4O. The van der Waals surface area contributed by atoms with Gasteiger partial charge in [-0.05, 0) is 51.2 Å². The van der Waals surface area contributed by atoms with E-state index in [9.17, 15) is 4.79 Å². The number of carbonyl (C=O) groups is 1. The first-order valence-corrected chi connectivity index (χ1v) is 7.56. The maximum Gasteiger partial charge on any atom is 0.220 e. The highest BCUT2D eigenvalue weighted by Gasteiger charge is 2.23. The van der Waals surface area contributed by atoms with Gasteiger partial charge in [-0.15, -0.1) is 0 Å². The van der Waals surface area contributed by atoms with Crippen LogP contribution in [0.5, 0.6) is 0 Å². The van der Waals surface area contributed by atoms with Crippen LogP contribution in [0, 0.1) is 20.8 Å². The van der Waals surface area contributed by atoms with Gasteiger partial charge in [-0.25, -0.2) is 4.98 Å². The van der Waals surface area contributed by atoms with E-state index in [1.165, 1.54) is 11.1 Å². The molecule has 0 aromatic carbocycles. The number of aromatic nitrogens is 3. The Bertz CT molecular complexity index is 713. The predicted molar refractivity (Wildman–Crippen MR) is 82.2 cm³/mol. The molecule has 0 spiro atoms. The SMILES string of the molecule is Cc1nc2c(c(C)nn2C)c(C)c1CCC(=O)NC1CC1. The second-order valence-electron chi connectivity index (χ2n) is 6.05. The molecule has 1 fully saturated rings. The maximum atomic E-state index is 11.9. The van der Waals surface area contributed by atoms with Crippen LogP contribution in [0.2, 0.25) is 0 Å². The molecule has 3 rings (SSSR count). The minimum absolute atomic E-state index is 0.152. The van der Waals surface area contributed by atoms with Crippen LogP contribution in [-0.2, 0) is 18.3 Å². The number of fused-ring (bicyclic) bond motifs is 1. The Labute approximate surface area is 124 Å². The normalized spacial score (nSPS) is 14.7. The van der Waals surface area contributed by atoms with Crippen molar-refractivity contribution in [1.82, 2.24) is 20.1 Å². The lowest BCUT2D eigenvalue weighted by Gasteiger charge is -2.11. The lowest BCUT2D eigenvalue weighted by Crippen LogP contribution is -2.25. The Morgan fingerprint density at radius 1 is 1.29 bits per heavy atom. The molecule has 0 saturated heterocycles. The highest BCUT2D eigenvalue weighted by Crippen LogP contribution is 2.26. The Kier molecular flexibility index (Phi) is 3.43. The topological polar surface area (TPSA) is 59.8 Å². The van der Waals surface area contributed by atoms with E-state index >= 15 is 0 Å². The Hall–Kier alpha value is -1.91. The molecule has 5 nitrogen and oxygen atoms in total. The number of aryl methyl sites for hydroxylation is 4. The quantitative estimate of drug-likeness (QED) is 0.936. The minimum Gasteiger partial charge on any atom is -0.353 e. The summed E-state index contributed by atoms with van der Waals surface area (Å²) in [5.74, 6) is 0.152. The first kappa shape index (κ1) is 14.0. The van der Waals surface area contributed by atoms with E-state index in [0.717, 1.165) is 41.7 Å². The average molecular weight is 286 g/mol. The van der Waals surface area contributed by atoms with Gasteiger partial charge in [-0.3, -0.25) is 9.48 Å². The van der Waals surface area contributed by atoms with Gasteiger partial charge in [0.1, 0.15) is 0 Å². The summed E-state index contributed by atoms with van der Waals surface area (Å²) >= 11 is 0. The number of nitrogens with one attached hydrogen (secondary N) is 1. The van der Waals surface area contributed by atoms with Gasteiger partial charge in [0.2, 0.25) is 5.91 Å². The molecule has 5 heteroatoms. The van der Waals surface area contributed by atoms with Crippen LogP contribution in [0.3, 0.4) is 0 Å². The average Bonchev–Trinajstić information content (AvgIpc) is 3.16. The van der Waals surface area contributed by atoms with Crippen molar-refractivity contribution in [2.75, 3.05) is 0 Å². The van der Waals surface area contributed by atoms with E-state index in [1.54, 1.807) is 0 Å². The number of hydrogen-bond donors (Lipinski definition) is 1.